The number of carbonyl (C=O) groups excluding carboxylic acids is 1. The van der Waals surface area contributed by atoms with Crippen molar-refractivity contribution >= 4 is 17.3 Å². The van der Waals surface area contributed by atoms with Crippen LogP contribution in [0, 0.1) is 0 Å². The molecule has 1 N–H and O–H groups in total. The Morgan fingerprint density at radius 1 is 1.19 bits per heavy atom. The molecule has 37 heavy (non-hydrogen) atoms. The van der Waals surface area contributed by atoms with Gasteiger partial charge < -0.3 is 10.2 Å². The lowest BCUT2D eigenvalue weighted by molar-refractivity contribution is 0.191. The number of aromatic nitrogens is 4. The standard InChI is InChI=1S/C29H33FN6O/c1-5-22(14-13-21(4)30)26-18-27(36(34-26)28-31-15-9-16-32-28)23-10-8-17-35(19-23)29(37)33-25-12-7-6-11-24(25)20(2)3/h5-7,9,11-16,18,20,23H,4,8,10,17,19H2,1-3H3,(H,33,37)/b14-13-,22-5+. The highest BCUT2D eigenvalue weighted by Crippen LogP contribution is 2.31. The van der Waals surface area contributed by atoms with E-state index in [0.717, 1.165) is 35.4 Å². The number of para-hydroxylation sites is 1. The van der Waals surface area contributed by atoms with Gasteiger partial charge in [-0.2, -0.15) is 5.10 Å². The molecule has 2 aromatic heterocycles. The maximum absolute atomic E-state index is 13.3. The third kappa shape index (κ3) is 6.20. The average Bonchev–Trinajstić information content (AvgIpc) is 3.35. The number of carbonyl (C=O) groups is 1. The zero-order valence-electron chi connectivity index (χ0n) is 21.6. The molecule has 7 nitrogen and oxygen atoms in total. The number of hydrogen-bond donors (Lipinski definition) is 1. The molecule has 1 fully saturated rings. The zero-order valence-corrected chi connectivity index (χ0v) is 21.6. The van der Waals surface area contributed by atoms with E-state index in [1.165, 1.54) is 6.08 Å². The predicted octanol–water partition coefficient (Wildman–Crippen LogP) is 6.64. The fourth-order valence-electron chi connectivity index (χ4n) is 4.61. The van der Waals surface area contributed by atoms with Gasteiger partial charge in [0, 0.05) is 37.1 Å². The lowest BCUT2D eigenvalue weighted by Gasteiger charge is -2.33. The lowest BCUT2D eigenvalue weighted by atomic mass is 9.94. The summed E-state index contributed by atoms with van der Waals surface area (Å²) in [4.78, 5) is 23.9. The molecule has 0 radical (unpaired) electrons. The van der Waals surface area contributed by atoms with Gasteiger partial charge in [-0.25, -0.2) is 23.8 Å². The Labute approximate surface area is 217 Å². The molecule has 1 aliphatic rings. The fourth-order valence-corrected chi connectivity index (χ4v) is 4.61. The smallest absolute Gasteiger partial charge is 0.321 e. The Morgan fingerprint density at radius 2 is 1.95 bits per heavy atom. The summed E-state index contributed by atoms with van der Waals surface area (Å²) in [6.07, 6.45) is 9.93. The minimum atomic E-state index is -0.529. The molecule has 3 heterocycles. The van der Waals surface area contributed by atoms with Gasteiger partial charge in [0.1, 0.15) is 5.83 Å². The number of urea groups is 1. The summed E-state index contributed by atoms with van der Waals surface area (Å²) >= 11 is 0. The van der Waals surface area contributed by atoms with E-state index in [4.69, 9.17) is 5.10 Å². The van der Waals surface area contributed by atoms with Crippen LogP contribution >= 0.6 is 0 Å². The first-order valence-corrected chi connectivity index (χ1v) is 12.6. The Balaban J connectivity index is 1.62. The fraction of sp³-hybridized carbons (Fsp3) is 0.310. The van der Waals surface area contributed by atoms with Gasteiger partial charge in [-0.15, -0.1) is 0 Å². The maximum atomic E-state index is 13.3. The van der Waals surface area contributed by atoms with E-state index < -0.39 is 5.83 Å². The minimum Gasteiger partial charge on any atom is -0.324 e. The van der Waals surface area contributed by atoms with E-state index in [-0.39, 0.29) is 11.9 Å². The van der Waals surface area contributed by atoms with Crippen LogP contribution < -0.4 is 5.32 Å². The highest BCUT2D eigenvalue weighted by atomic mass is 19.1. The van der Waals surface area contributed by atoms with Crippen LogP contribution in [0.4, 0.5) is 14.9 Å². The summed E-state index contributed by atoms with van der Waals surface area (Å²) in [6, 6.07) is 11.5. The highest BCUT2D eigenvalue weighted by molar-refractivity contribution is 5.90. The zero-order chi connectivity index (χ0) is 26.4. The van der Waals surface area contributed by atoms with Gasteiger partial charge in [0.15, 0.2) is 0 Å². The monoisotopic (exact) mass is 500 g/mol. The number of hydrogen-bond acceptors (Lipinski definition) is 4. The van der Waals surface area contributed by atoms with Crippen LogP contribution in [0.25, 0.3) is 11.5 Å². The van der Waals surface area contributed by atoms with E-state index in [0.29, 0.717) is 30.6 Å². The second-order valence-corrected chi connectivity index (χ2v) is 9.40. The van der Waals surface area contributed by atoms with Gasteiger partial charge >= 0.3 is 6.03 Å². The SMILES string of the molecule is C=C(F)/C=C\C(=C/C)c1cc(C2CCCN(C(=O)Nc3ccccc3C(C)C)C2)n(-c2ncccn2)n1. The molecule has 1 saturated heterocycles. The van der Waals surface area contributed by atoms with Gasteiger partial charge in [-0.1, -0.05) is 50.8 Å². The lowest BCUT2D eigenvalue weighted by Crippen LogP contribution is -2.42. The second kappa shape index (κ2) is 11.8. The van der Waals surface area contributed by atoms with Crippen molar-refractivity contribution in [2.24, 2.45) is 0 Å². The van der Waals surface area contributed by atoms with Crippen molar-refractivity contribution in [2.75, 3.05) is 18.4 Å². The summed E-state index contributed by atoms with van der Waals surface area (Å²) in [5.74, 6) is 0.251. The Kier molecular flexibility index (Phi) is 8.28. The predicted molar refractivity (Wildman–Crippen MR) is 145 cm³/mol. The summed E-state index contributed by atoms with van der Waals surface area (Å²) in [5, 5.41) is 7.89. The summed E-state index contributed by atoms with van der Waals surface area (Å²) in [5.41, 5.74) is 4.29. The topological polar surface area (TPSA) is 75.9 Å². The van der Waals surface area contributed by atoms with E-state index in [1.54, 1.807) is 29.2 Å². The molecule has 1 aliphatic heterocycles. The number of nitrogens with one attached hydrogen (secondary N) is 1. The molecule has 1 unspecified atom stereocenters. The van der Waals surface area contributed by atoms with E-state index in [1.807, 2.05) is 48.2 Å². The maximum Gasteiger partial charge on any atom is 0.321 e. The molecular formula is C29H33FN6O. The quantitative estimate of drug-likeness (QED) is 0.369. The number of amides is 2. The van der Waals surface area contributed by atoms with Crippen LogP contribution in [0.5, 0.6) is 0 Å². The number of nitrogens with zero attached hydrogens (tertiary/aromatic N) is 5. The van der Waals surface area contributed by atoms with Crippen molar-refractivity contribution in [1.29, 1.82) is 0 Å². The van der Waals surface area contributed by atoms with Gasteiger partial charge in [0.05, 0.1) is 11.4 Å². The van der Waals surface area contributed by atoms with Crippen LogP contribution in [0.15, 0.2) is 79.4 Å². The van der Waals surface area contributed by atoms with Crippen LogP contribution in [0.2, 0.25) is 0 Å². The molecule has 0 spiro atoms. The van der Waals surface area contributed by atoms with Crippen molar-refractivity contribution in [1.82, 2.24) is 24.6 Å². The van der Waals surface area contributed by atoms with Crippen LogP contribution in [0.3, 0.4) is 0 Å². The molecule has 1 aromatic carbocycles. The third-order valence-corrected chi connectivity index (χ3v) is 6.48. The molecule has 4 rings (SSSR count). The first-order chi connectivity index (χ1) is 17.9. The molecule has 192 valence electrons. The van der Waals surface area contributed by atoms with Crippen molar-refractivity contribution < 1.29 is 9.18 Å². The van der Waals surface area contributed by atoms with Crippen molar-refractivity contribution in [2.45, 2.75) is 45.4 Å². The number of benzene rings is 1. The van der Waals surface area contributed by atoms with Crippen LogP contribution in [0.1, 0.15) is 62.4 Å². The van der Waals surface area contributed by atoms with Crippen molar-refractivity contribution in [3.8, 4) is 5.95 Å². The number of rotatable bonds is 7. The number of anilines is 1. The molecule has 0 saturated carbocycles. The normalized spacial score (nSPS) is 16.4. The highest BCUT2D eigenvalue weighted by Gasteiger charge is 2.29. The Hall–Kier alpha value is -4.07. The summed E-state index contributed by atoms with van der Waals surface area (Å²) in [7, 11) is 0. The number of piperidine rings is 1. The van der Waals surface area contributed by atoms with E-state index >= 15 is 0 Å². The second-order valence-electron chi connectivity index (χ2n) is 9.40. The molecule has 2 amide bonds. The average molecular weight is 501 g/mol. The van der Waals surface area contributed by atoms with E-state index in [9.17, 15) is 9.18 Å². The van der Waals surface area contributed by atoms with Crippen LogP contribution in [-0.4, -0.2) is 43.8 Å². The van der Waals surface area contributed by atoms with Crippen molar-refractivity contribution in [3.63, 3.8) is 0 Å². The molecule has 3 aromatic rings. The van der Waals surface area contributed by atoms with Crippen LogP contribution in [-0.2, 0) is 0 Å². The Bertz CT molecular complexity index is 1310. The van der Waals surface area contributed by atoms with Gasteiger partial charge in [-0.05, 0) is 61.1 Å². The molecule has 1 atom stereocenters. The Morgan fingerprint density at radius 3 is 2.65 bits per heavy atom. The first-order valence-electron chi connectivity index (χ1n) is 12.6. The van der Waals surface area contributed by atoms with Gasteiger partial charge in [-0.3, -0.25) is 0 Å². The minimum absolute atomic E-state index is 0.0307. The first kappa shape index (κ1) is 26.0. The van der Waals surface area contributed by atoms with Gasteiger partial charge in [0.25, 0.3) is 5.95 Å². The molecular weight excluding hydrogens is 467 g/mol. The van der Waals surface area contributed by atoms with Crippen molar-refractivity contribution in [3.05, 3.63) is 96.4 Å². The molecule has 8 heteroatoms. The van der Waals surface area contributed by atoms with Gasteiger partial charge in [0.2, 0.25) is 0 Å². The molecule has 0 bridgehead atoms. The number of halogens is 1. The largest absolute Gasteiger partial charge is 0.324 e. The number of likely N-dealkylation sites (tertiary alicyclic amines) is 1. The van der Waals surface area contributed by atoms with E-state index in [2.05, 4.69) is 35.7 Å². The molecule has 0 aliphatic carbocycles. The third-order valence-electron chi connectivity index (χ3n) is 6.48. The summed E-state index contributed by atoms with van der Waals surface area (Å²) < 4.78 is 15.0. The summed E-state index contributed by atoms with van der Waals surface area (Å²) in [6.45, 7) is 10.6. The number of allylic oxidation sites excluding steroid dienone is 5.